The van der Waals surface area contributed by atoms with Crippen molar-refractivity contribution >= 4 is 28.3 Å². The standard InChI is InChI=1S/C15H13ClN4/c1-20(9-11-4-6-17-7-5-11)15-13-3-2-12(16)8-14(13)18-10-19-15/h2-8,10H,9H2,1H3. The molecule has 0 N–H and O–H groups in total. The first kappa shape index (κ1) is 12.8. The molecule has 3 rings (SSSR count). The number of hydrogen-bond acceptors (Lipinski definition) is 4. The maximum atomic E-state index is 6.00. The molecule has 0 fully saturated rings. The van der Waals surface area contributed by atoms with E-state index < -0.39 is 0 Å². The van der Waals surface area contributed by atoms with Gasteiger partial charge in [-0.25, -0.2) is 9.97 Å². The van der Waals surface area contributed by atoms with Crippen LogP contribution in [-0.2, 0) is 6.54 Å². The molecule has 0 unspecified atom stereocenters. The minimum absolute atomic E-state index is 0.680. The lowest BCUT2D eigenvalue weighted by Crippen LogP contribution is -2.18. The molecule has 4 nitrogen and oxygen atoms in total. The van der Waals surface area contributed by atoms with Gasteiger partial charge < -0.3 is 4.90 Å². The van der Waals surface area contributed by atoms with Gasteiger partial charge in [-0.3, -0.25) is 4.98 Å². The van der Waals surface area contributed by atoms with Gasteiger partial charge in [0.1, 0.15) is 12.1 Å². The van der Waals surface area contributed by atoms with Crippen LogP contribution in [0.4, 0.5) is 5.82 Å². The van der Waals surface area contributed by atoms with Crippen LogP contribution in [-0.4, -0.2) is 22.0 Å². The number of nitrogens with zero attached hydrogens (tertiary/aromatic N) is 4. The Morgan fingerprint density at radius 2 is 1.90 bits per heavy atom. The second-order valence-electron chi connectivity index (χ2n) is 4.57. The number of rotatable bonds is 3. The molecule has 2 aromatic heterocycles. The number of pyridine rings is 1. The van der Waals surface area contributed by atoms with Crippen LogP contribution in [0.1, 0.15) is 5.56 Å². The van der Waals surface area contributed by atoms with Gasteiger partial charge in [0, 0.05) is 36.4 Å². The van der Waals surface area contributed by atoms with Crippen LogP contribution in [0.2, 0.25) is 5.02 Å². The molecule has 0 atom stereocenters. The monoisotopic (exact) mass is 284 g/mol. The Morgan fingerprint density at radius 1 is 1.10 bits per heavy atom. The molecule has 0 radical (unpaired) electrons. The number of anilines is 1. The normalized spacial score (nSPS) is 10.7. The van der Waals surface area contributed by atoms with E-state index in [1.807, 2.05) is 37.4 Å². The highest BCUT2D eigenvalue weighted by Gasteiger charge is 2.09. The summed E-state index contributed by atoms with van der Waals surface area (Å²) < 4.78 is 0. The smallest absolute Gasteiger partial charge is 0.139 e. The van der Waals surface area contributed by atoms with E-state index in [0.29, 0.717) is 5.02 Å². The van der Waals surface area contributed by atoms with Crippen LogP contribution in [0.3, 0.4) is 0 Å². The summed E-state index contributed by atoms with van der Waals surface area (Å²) in [4.78, 5) is 14.8. The third-order valence-corrected chi connectivity index (χ3v) is 3.34. The third-order valence-electron chi connectivity index (χ3n) is 3.11. The molecule has 0 saturated heterocycles. The first-order valence-electron chi connectivity index (χ1n) is 6.24. The minimum Gasteiger partial charge on any atom is -0.355 e. The molecule has 3 aromatic rings. The summed E-state index contributed by atoms with van der Waals surface area (Å²) in [5.74, 6) is 0.892. The fraction of sp³-hybridized carbons (Fsp3) is 0.133. The molecule has 0 aliphatic carbocycles. The van der Waals surface area contributed by atoms with Gasteiger partial charge in [0.25, 0.3) is 0 Å². The summed E-state index contributed by atoms with van der Waals surface area (Å²) in [6.45, 7) is 0.761. The molecule has 1 aromatic carbocycles. The highest BCUT2D eigenvalue weighted by atomic mass is 35.5. The zero-order chi connectivity index (χ0) is 13.9. The maximum absolute atomic E-state index is 6.00. The Morgan fingerprint density at radius 3 is 2.70 bits per heavy atom. The van der Waals surface area contributed by atoms with Gasteiger partial charge in [0.2, 0.25) is 0 Å². The van der Waals surface area contributed by atoms with Gasteiger partial charge in [-0.05, 0) is 35.9 Å². The third kappa shape index (κ3) is 2.56. The van der Waals surface area contributed by atoms with Crippen molar-refractivity contribution in [3.8, 4) is 0 Å². The van der Waals surface area contributed by atoms with E-state index in [1.54, 1.807) is 18.7 Å². The highest BCUT2D eigenvalue weighted by Crippen LogP contribution is 2.25. The molecule has 0 amide bonds. The van der Waals surface area contributed by atoms with Crippen molar-refractivity contribution in [3.05, 3.63) is 59.6 Å². The number of aromatic nitrogens is 3. The second-order valence-corrected chi connectivity index (χ2v) is 5.01. The van der Waals surface area contributed by atoms with E-state index in [-0.39, 0.29) is 0 Å². The van der Waals surface area contributed by atoms with E-state index in [0.717, 1.165) is 23.3 Å². The van der Waals surface area contributed by atoms with Gasteiger partial charge >= 0.3 is 0 Å². The quantitative estimate of drug-likeness (QED) is 0.740. The SMILES string of the molecule is CN(Cc1ccncc1)c1ncnc2cc(Cl)ccc12. The van der Waals surface area contributed by atoms with Crippen molar-refractivity contribution < 1.29 is 0 Å². The van der Waals surface area contributed by atoms with Crippen LogP contribution < -0.4 is 4.90 Å². The van der Waals surface area contributed by atoms with Crippen molar-refractivity contribution in [1.82, 2.24) is 15.0 Å². The molecule has 100 valence electrons. The van der Waals surface area contributed by atoms with E-state index in [9.17, 15) is 0 Å². The van der Waals surface area contributed by atoms with E-state index in [4.69, 9.17) is 11.6 Å². The van der Waals surface area contributed by atoms with Gasteiger partial charge in [-0.2, -0.15) is 0 Å². The zero-order valence-electron chi connectivity index (χ0n) is 11.0. The average molecular weight is 285 g/mol. The van der Waals surface area contributed by atoms with E-state index >= 15 is 0 Å². The van der Waals surface area contributed by atoms with Crippen molar-refractivity contribution in [3.63, 3.8) is 0 Å². The molecule has 0 aliphatic heterocycles. The average Bonchev–Trinajstić information content (AvgIpc) is 2.47. The Kier molecular flexibility index (Phi) is 3.48. The molecule has 0 bridgehead atoms. The maximum Gasteiger partial charge on any atom is 0.139 e. The Labute approximate surface area is 122 Å². The summed E-state index contributed by atoms with van der Waals surface area (Å²) in [5.41, 5.74) is 2.03. The summed E-state index contributed by atoms with van der Waals surface area (Å²) in [6, 6.07) is 9.66. The van der Waals surface area contributed by atoms with Gasteiger partial charge in [0.15, 0.2) is 0 Å². The Hall–Kier alpha value is -2.20. The Balaban J connectivity index is 1.97. The molecule has 0 spiro atoms. The molecule has 2 heterocycles. The van der Waals surface area contributed by atoms with Crippen molar-refractivity contribution in [1.29, 1.82) is 0 Å². The molecule has 0 saturated carbocycles. The van der Waals surface area contributed by atoms with Crippen LogP contribution >= 0.6 is 11.6 Å². The fourth-order valence-electron chi connectivity index (χ4n) is 2.16. The van der Waals surface area contributed by atoms with Crippen molar-refractivity contribution in [2.45, 2.75) is 6.54 Å². The predicted octanol–water partition coefficient (Wildman–Crippen LogP) is 3.31. The molecule has 5 heteroatoms. The van der Waals surface area contributed by atoms with Crippen LogP contribution in [0, 0.1) is 0 Å². The molecule has 0 aliphatic rings. The highest BCUT2D eigenvalue weighted by molar-refractivity contribution is 6.31. The van der Waals surface area contributed by atoms with Gasteiger partial charge in [-0.15, -0.1) is 0 Å². The first-order valence-corrected chi connectivity index (χ1v) is 6.62. The summed E-state index contributed by atoms with van der Waals surface area (Å²) in [6.07, 6.45) is 5.15. The topological polar surface area (TPSA) is 41.9 Å². The summed E-state index contributed by atoms with van der Waals surface area (Å²) >= 11 is 6.00. The van der Waals surface area contributed by atoms with E-state index in [1.165, 1.54) is 5.56 Å². The number of hydrogen-bond donors (Lipinski definition) is 0. The van der Waals surface area contributed by atoms with Gasteiger partial charge in [-0.1, -0.05) is 11.6 Å². The largest absolute Gasteiger partial charge is 0.355 e. The number of fused-ring (bicyclic) bond motifs is 1. The predicted molar refractivity (Wildman–Crippen MR) is 80.9 cm³/mol. The lowest BCUT2D eigenvalue weighted by molar-refractivity contribution is 0.897. The number of benzene rings is 1. The van der Waals surface area contributed by atoms with Crippen molar-refractivity contribution in [2.75, 3.05) is 11.9 Å². The lowest BCUT2D eigenvalue weighted by Gasteiger charge is -2.19. The van der Waals surface area contributed by atoms with Crippen LogP contribution in [0.5, 0.6) is 0 Å². The zero-order valence-corrected chi connectivity index (χ0v) is 11.7. The second kappa shape index (κ2) is 5.43. The van der Waals surface area contributed by atoms with Crippen LogP contribution in [0.25, 0.3) is 10.9 Å². The van der Waals surface area contributed by atoms with E-state index in [2.05, 4.69) is 19.9 Å². The first-order chi connectivity index (χ1) is 9.74. The minimum atomic E-state index is 0.680. The summed E-state index contributed by atoms with van der Waals surface area (Å²) in [7, 11) is 2.01. The molecule has 20 heavy (non-hydrogen) atoms. The Bertz CT molecular complexity index is 730. The fourth-order valence-corrected chi connectivity index (χ4v) is 2.32. The number of halogens is 1. The molecular weight excluding hydrogens is 272 g/mol. The lowest BCUT2D eigenvalue weighted by atomic mass is 10.2. The van der Waals surface area contributed by atoms with Gasteiger partial charge in [0.05, 0.1) is 5.52 Å². The molecular formula is C15H13ClN4. The van der Waals surface area contributed by atoms with Crippen LogP contribution in [0.15, 0.2) is 49.1 Å². The van der Waals surface area contributed by atoms with Crippen molar-refractivity contribution in [2.24, 2.45) is 0 Å². The summed E-state index contributed by atoms with van der Waals surface area (Å²) in [5, 5.41) is 1.67.